The normalized spacial score (nSPS) is 10.8. The summed E-state index contributed by atoms with van der Waals surface area (Å²) in [5.74, 6) is -0.167. The Kier molecular flexibility index (Phi) is 4.37. The van der Waals surface area contributed by atoms with Crippen molar-refractivity contribution in [2.24, 2.45) is 0 Å². The molecule has 5 nitrogen and oxygen atoms in total. The molecule has 0 bridgehead atoms. The van der Waals surface area contributed by atoms with Crippen LogP contribution in [0.2, 0.25) is 0 Å². The van der Waals surface area contributed by atoms with Gasteiger partial charge in [0, 0.05) is 6.20 Å². The number of rotatable bonds is 4. The Morgan fingerprint density at radius 2 is 1.95 bits per heavy atom. The lowest BCUT2D eigenvalue weighted by molar-refractivity contribution is 0.600. The van der Waals surface area contributed by atoms with Crippen LogP contribution in [-0.4, -0.2) is 13.4 Å². The summed E-state index contributed by atoms with van der Waals surface area (Å²) in [6, 6.07) is 11.7. The van der Waals surface area contributed by atoms with E-state index in [1.807, 2.05) is 6.07 Å². The van der Waals surface area contributed by atoms with Crippen molar-refractivity contribution in [3.05, 3.63) is 58.3 Å². The summed E-state index contributed by atoms with van der Waals surface area (Å²) in [4.78, 5) is 3.95. The summed E-state index contributed by atoms with van der Waals surface area (Å²) in [6.07, 6.45) is 1.56. The topological polar surface area (TPSA) is 82.8 Å². The molecule has 0 unspecified atom stereocenters. The van der Waals surface area contributed by atoms with E-state index < -0.39 is 10.0 Å². The van der Waals surface area contributed by atoms with E-state index in [9.17, 15) is 8.42 Å². The van der Waals surface area contributed by atoms with E-state index in [1.54, 1.807) is 42.6 Å². The lowest BCUT2D eigenvalue weighted by Gasteiger charge is -2.09. The molecule has 1 aromatic heterocycles. The van der Waals surface area contributed by atoms with Crippen LogP contribution in [0.25, 0.3) is 0 Å². The molecule has 0 saturated heterocycles. The van der Waals surface area contributed by atoms with Crippen molar-refractivity contribution in [3.8, 4) is 6.07 Å². The average molecular weight is 352 g/mol. The molecule has 1 heterocycles. The first-order valence-electron chi connectivity index (χ1n) is 5.60. The van der Waals surface area contributed by atoms with Crippen molar-refractivity contribution in [2.45, 2.75) is 5.75 Å². The number of benzene rings is 1. The number of halogens is 1. The Morgan fingerprint density at radius 1 is 1.25 bits per heavy atom. The Bertz CT molecular complexity index is 752. The maximum Gasteiger partial charge on any atom is 0.237 e. The molecule has 2 aromatic rings. The van der Waals surface area contributed by atoms with Gasteiger partial charge in [-0.3, -0.25) is 4.72 Å². The largest absolute Gasteiger partial charge is 0.281 e. The Labute approximate surface area is 125 Å². The molecule has 102 valence electrons. The van der Waals surface area contributed by atoms with Crippen LogP contribution in [-0.2, 0) is 15.8 Å². The molecule has 0 aliphatic carbocycles. The second kappa shape index (κ2) is 6.03. The van der Waals surface area contributed by atoms with Crippen LogP contribution in [0.4, 0.5) is 5.69 Å². The van der Waals surface area contributed by atoms with Gasteiger partial charge in [0.25, 0.3) is 0 Å². The monoisotopic (exact) mass is 351 g/mol. The van der Waals surface area contributed by atoms with Crippen molar-refractivity contribution in [1.82, 2.24) is 4.98 Å². The molecule has 0 aliphatic rings. The Hall–Kier alpha value is -1.91. The molecule has 2 rings (SSSR count). The SMILES string of the molecule is N#Cc1ccc(CS(=O)(=O)Nc2cccnc2Br)cc1. The first kappa shape index (κ1) is 14.5. The molecule has 0 radical (unpaired) electrons. The van der Waals surface area contributed by atoms with Crippen LogP contribution < -0.4 is 4.72 Å². The number of hydrogen-bond donors (Lipinski definition) is 1. The van der Waals surface area contributed by atoms with Crippen LogP contribution >= 0.6 is 15.9 Å². The van der Waals surface area contributed by atoms with Crippen molar-refractivity contribution < 1.29 is 8.42 Å². The van der Waals surface area contributed by atoms with Crippen molar-refractivity contribution in [2.75, 3.05) is 4.72 Å². The molecule has 7 heteroatoms. The number of sulfonamides is 1. The molecule has 0 atom stereocenters. The average Bonchev–Trinajstić information content (AvgIpc) is 2.41. The minimum absolute atomic E-state index is 0.167. The van der Waals surface area contributed by atoms with Gasteiger partial charge in [0.15, 0.2) is 0 Å². The van der Waals surface area contributed by atoms with Crippen LogP contribution in [0.1, 0.15) is 11.1 Å². The zero-order valence-electron chi connectivity index (χ0n) is 10.2. The molecule has 0 amide bonds. The number of nitrogens with one attached hydrogen (secondary N) is 1. The van der Waals surface area contributed by atoms with Crippen molar-refractivity contribution >= 4 is 31.6 Å². The summed E-state index contributed by atoms with van der Waals surface area (Å²) in [7, 11) is -3.53. The molecule has 1 N–H and O–H groups in total. The number of aromatic nitrogens is 1. The predicted molar refractivity (Wildman–Crippen MR) is 79.3 cm³/mol. The molecule has 0 spiro atoms. The number of nitrogens with zero attached hydrogens (tertiary/aromatic N) is 2. The molecule has 0 saturated carbocycles. The van der Waals surface area contributed by atoms with Gasteiger partial charge in [0.05, 0.1) is 23.1 Å². The van der Waals surface area contributed by atoms with Crippen molar-refractivity contribution in [1.29, 1.82) is 5.26 Å². The fourth-order valence-corrected chi connectivity index (χ4v) is 3.24. The molecule has 0 aliphatic heterocycles. The molecule has 20 heavy (non-hydrogen) atoms. The van der Waals surface area contributed by atoms with E-state index >= 15 is 0 Å². The molecule has 0 fully saturated rings. The number of nitriles is 1. The van der Waals surface area contributed by atoms with Gasteiger partial charge in [-0.25, -0.2) is 13.4 Å². The van der Waals surface area contributed by atoms with Crippen molar-refractivity contribution in [3.63, 3.8) is 0 Å². The summed E-state index contributed by atoms with van der Waals surface area (Å²) in [5, 5.41) is 8.69. The highest BCUT2D eigenvalue weighted by Gasteiger charge is 2.13. The summed E-state index contributed by atoms with van der Waals surface area (Å²) in [5.41, 5.74) is 1.49. The van der Waals surface area contributed by atoms with E-state index in [0.717, 1.165) is 0 Å². The van der Waals surface area contributed by atoms with Crippen LogP contribution in [0.3, 0.4) is 0 Å². The second-order valence-electron chi connectivity index (χ2n) is 4.01. The predicted octanol–water partition coefficient (Wildman–Crippen LogP) is 2.66. The third-order valence-electron chi connectivity index (χ3n) is 2.46. The summed E-state index contributed by atoms with van der Waals surface area (Å²) < 4.78 is 27.0. The van der Waals surface area contributed by atoms with Crippen LogP contribution in [0, 0.1) is 11.3 Å². The number of hydrogen-bond acceptors (Lipinski definition) is 4. The van der Waals surface area contributed by atoms with Gasteiger partial charge in [0.1, 0.15) is 4.60 Å². The highest BCUT2D eigenvalue weighted by molar-refractivity contribution is 9.10. The fourth-order valence-electron chi connectivity index (χ4n) is 1.56. The quantitative estimate of drug-likeness (QED) is 0.858. The van der Waals surface area contributed by atoms with Gasteiger partial charge in [-0.05, 0) is 45.8 Å². The molecular formula is C13H10BrN3O2S. The number of anilines is 1. The fraction of sp³-hybridized carbons (Fsp3) is 0.0769. The molecule has 1 aromatic carbocycles. The van der Waals surface area contributed by atoms with Gasteiger partial charge in [-0.2, -0.15) is 5.26 Å². The highest BCUT2D eigenvalue weighted by Crippen LogP contribution is 2.20. The van der Waals surface area contributed by atoms with Crippen LogP contribution in [0.15, 0.2) is 47.2 Å². The minimum atomic E-state index is -3.53. The Balaban J connectivity index is 2.15. The zero-order valence-corrected chi connectivity index (χ0v) is 12.6. The maximum atomic E-state index is 12.1. The molecular weight excluding hydrogens is 342 g/mol. The third kappa shape index (κ3) is 3.79. The van der Waals surface area contributed by atoms with Gasteiger partial charge < -0.3 is 0 Å². The first-order chi connectivity index (χ1) is 9.50. The summed E-state index contributed by atoms with van der Waals surface area (Å²) >= 11 is 3.18. The number of pyridine rings is 1. The smallest absolute Gasteiger partial charge is 0.237 e. The van der Waals surface area contributed by atoms with Gasteiger partial charge in [0.2, 0.25) is 10.0 Å². The van der Waals surface area contributed by atoms with Gasteiger partial charge in [-0.1, -0.05) is 12.1 Å². The maximum absolute atomic E-state index is 12.1. The van der Waals surface area contributed by atoms with Gasteiger partial charge in [-0.15, -0.1) is 0 Å². The Morgan fingerprint density at radius 3 is 2.55 bits per heavy atom. The van der Waals surface area contributed by atoms with E-state index in [1.165, 1.54) is 0 Å². The minimum Gasteiger partial charge on any atom is -0.281 e. The van der Waals surface area contributed by atoms with E-state index in [4.69, 9.17) is 5.26 Å². The van der Waals surface area contributed by atoms with E-state index in [0.29, 0.717) is 21.4 Å². The van der Waals surface area contributed by atoms with Gasteiger partial charge >= 0.3 is 0 Å². The highest BCUT2D eigenvalue weighted by atomic mass is 79.9. The van der Waals surface area contributed by atoms with Crippen LogP contribution in [0.5, 0.6) is 0 Å². The third-order valence-corrected chi connectivity index (χ3v) is 4.34. The lowest BCUT2D eigenvalue weighted by atomic mass is 10.2. The summed E-state index contributed by atoms with van der Waals surface area (Å²) in [6.45, 7) is 0. The standard InChI is InChI=1S/C13H10BrN3O2S/c14-13-12(2-1-7-16-13)17-20(18,19)9-11-5-3-10(8-15)4-6-11/h1-7,17H,9H2. The zero-order chi connectivity index (χ0) is 14.6. The second-order valence-corrected chi connectivity index (χ2v) is 6.49. The first-order valence-corrected chi connectivity index (χ1v) is 8.05. The lowest BCUT2D eigenvalue weighted by Crippen LogP contribution is -2.15. The van der Waals surface area contributed by atoms with E-state index in [2.05, 4.69) is 25.6 Å². The van der Waals surface area contributed by atoms with E-state index in [-0.39, 0.29) is 5.75 Å².